The largest absolute Gasteiger partial charge is 0.488 e. The van der Waals surface area contributed by atoms with Gasteiger partial charge in [-0.3, -0.25) is 9.59 Å². The predicted molar refractivity (Wildman–Crippen MR) is 149 cm³/mol. The van der Waals surface area contributed by atoms with Gasteiger partial charge in [-0.1, -0.05) is 26.2 Å². The van der Waals surface area contributed by atoms with E-state index >= 15 is 0 Å². The van der Waals surface area contributed by atoms with Gasteiger partial charge in [0.05, 0.1) is 29.7 Å². The van der Waals surface area contributed by atoms with Gasteiger partial charge in [-0.25, -0.2) is 12.8 Å². The van der Waals surface area contributed by atoms with Gasteiger partial charge in [-0.2, -0.15) is 4.31 Å². The highest BCUT2D eigenvalue weighted by molar-refractivity contribution is 7.89. The number of aliphatic hydroxyl groups excluding tert-OH is 1. The molecule has 2 N–H and O–H groups in total. The average Bonchev–Trinajstić information content (AvgIpc) is 2.95. The highest BCUT2D eigenvalue weighted by Gasteiger charge is 2.35. The van der Waals surface area contributed by atoms with Crippen molar-refractivity contribution in [3.8, 4) is 5.75 Å². The Labute approximate surface area is 235 Å². The summed E-state index contributed by atoms with van der Waals surface area (Å²) in [4.78, 5) is 28.0. The van der Waals surface area contributed by atoms with Gasteiger partial charge in [0.2, 0.25) is 15.9 Å². The summed E-state index contributed by atoms with van der Waals surface area (Å²) in [5.74, 6) is -1.05. The number of fused-ring (bicyclic) bond motifs is 1. The molecule has 0 spiro atoms. The minimum Gasteiger partial charge on any atom is -0.488 e. The zero-order chi connectivity index (χ0) is 29.0. The summed E-state index contributed by atoms with van der Waals surface area (Å²) in [6.07, 6.45) is 4.21. The monoisotopic (exact) mass is 575 g/mol. The first-order chi connectivity index (χ1) is 19.0. The molecule has 3 atom stereocenters. The van der Waals surface area contributed by atoms with E-state index in [1.807, 2.05) is 6.92 Å². The third kappa shape index (κ3) is 6.64. The van der Waals surface area contributed by atoms with Crippen LogP contribution in [0.1, 0.15) is 56.3 Å². The zero-order valence-corrected chi connectivity index (χ0v) is 24.0. The molecular weight excluding hydrogens is 537 g/mol. The number of likely N-dealkylation sites (N-methyl/N-ethyl adjacent to an activating group) is 1. The van der Waals surface area contributed by atoms with Crippen molar-refractivity contribution in [1.82, 2.24) is 9.21 Å². The van der Waals surface area contributed by atoms with Crippen molar-refractivity contribution in [2.75, 3.05) is 32.1 Å². The van der Waals surface area contributed by atoms with Gasteiger partial charge < -0.3 is 20.1 Å². The molecule has 0 bridgehead atoms. The SMILES string of the molecule is C[C@H](CO)N1C[C@H](C)[C@@H](CN(C)S(=O)(=O)c2ccc(F)cc2)Oc2ccc(NC(=O)C3CCCCC3)cc2C1=O. The van der Waals surface area contributed by atoms with E-state index in [9.17, 15) is 27.5 Å². The molecule has 0 aromatic heterocycles. The van der Waals surface area contributed by atoms with Crippen LogP contribution in [0.5, 0.6) is 5.75 Å². The zero-order valence-electron chi connectivity index (χ0n) is 23.2. The van der Waals surface area contributed by atoms with Crippen molar-refractivity contribution >= 4 is 27.5 Å². The van der Waals surface area contributed by atoms with Crippen LogP contribution in [0, 0.1) is 17.7 Å². The average molecular weight is 576 g/mol. The van der Waals surface area contributed by atoms with Gasteiger partial charge >= 0.3 is 0 Å². The molecule has 9 nitrogen and oxygen atoms in total. The van der Waals surface area contributed by atoms with Gasteiger partial charge in [0.15, 0.2) is 0 Å². The quantitative estimate of drug-likeness (QED) is 0.494. The minimum absolute atomic E-state index is 0.0317. The molecule has 218 valence electrons. The Hall–Kier alpha value is -3.02. The van der Waals surface area contributed by atoms with Crippen LogP contribution in [0.25, 0.3) is 0 Å². The van der Waals surface area contributed by atoms with E-state index in [2.05, 4.69) is 5.32 Å². The second-order valence-electron chi connectivity index (χ2n) is 10.9. The summed E-state index contributed by atoms with van der Waals surface area (Å²) >= 11 is 0. The summed E-state index contributed by atoms with van der Waals surface area (Å²) in [5.41, 5.74) is 0.701. The summed E-state index contributed by atoms with van der Waals surface area (Å²) in [5, 5.41) is 12.8. The normalized spacial score (nSPS) is 21.2. The molecule has 1 aliphatic heterocycles. The van der Waals surface area contributed by atoms with E-state index in [4.69, 9.17) is 4.74 Å². The summed E-state index contributed by atoms with van der Waals surface area (Å²) < 4.78 is 47.2. The van der Waals surface area contributed by atoms with Crippen molar-refractivity contribution < 1.29 is 32.2 Å². The third-order valence-electron chi connectivity index (χ3n) is 7.87. The lowest BCUT2D eigenvalue weighted by Crippen LogP contribution is -2.50. The number of hydrogen-bond donors (Lipinski definition) is 2. The lowest BCUT2D eigenvalue weighted by Gasteiger charge is -2.38. The van der Waals surface area contributed by atoms with Crippen LogP contribution in [0.2, 0.25) is 0 Å². The number of aliphatic hydroxyl groups is 1. The molecule has 0 unspecified atom stereocenters. The molecule has 2 aliphatic rings. The Kier molecular flexibility index (Phi) is 9.48. The molecule has 2 amide bonds. The van der Waals surface area contributed by atoms with E-state index in [0.717, 1.165) is 48.5 Å². The molecule has 1 aliphatic carbocycles. The Bertz CT molecular complexity index is 1310. The van der Waals surface area contributed by atoms with Crippen LogP contribution in [-0.4, -0.2) is 73.4 Å². The number of ether oxygens (including phenoxy) is 1. The maximum absolute atomic E-state index is 13.7. The number of nitrogens with one attached hydrogen (secondary N) is 1. The minimum atomic E-state index is -3.93. The van der Waals surface area contributed by atoms with Crippen LogP contribution in [0.3, 0.4) is 0 Å². The van der Waals surface area contributed by atoms with Crippen LogP contribution in [0.15, 0.2) is 47.4 Å². The van der Waals surface area contributed by atoms with Crippen molar-refractivity contribution in [2.45, 2.75) is 63.0 Å². The van der Waals surface area contributed by atoms with Gasteiger partial charge in [0.1, 0.15) is 17.7 Å². The molecule has 2 aromatic rings. The number of halogens is 1. The van der Waals surface area contributed by atoms with E-state index in [-0.39, 0.29) is 59.6 Å². The van der Waals surface area contributed by atoms with Crippen LogP contribution >= 0.6 is 0 Å². The van der Waals surface area contributed by atoms with Crippen molar-refractivity contribution in [1.29, 1.82) is 0 Å². The summed E-state index contributed by atoms with van der Waals surface area (Å²) in [7, 11) is -2.51. The van der Waals surface area contributed by atoms with Crippen molar-refractivity contribution in [2.24, 2.45) is 11.8 Å². The van der Waals surface area contributed by atoms with Crippen LogP contribution in [0.4, 0.5) is 10.1 Å². The fourth-order valence-corrected chi connectivity index (χ4v) is 6.45. The van der Waals surface area contributed by atoms with Gasteiger partial charge in [0.25, 0.3) is 5.91 Å². The van der Waals surface area contributed by atoms with E-state index in [0.29, 0.717) is 5.69 Å². The highest BCUT2D eigenvalue weighted by atomic mass is 32.2. The maximum atomic E-state index is 13.7. The fraction of sp³-hybridized carbons (Fsp3) is 0.517. The number of rotatable bonds is 8. The molecule has 1 saturated carbocycles. The molecule has 11 heteroatoms. The number of sulfonamides is 1. The van der Waals surface area contributed by atoms with Crippen LogP contribution < -0.4 is 10.1 Å². The Morgan fingerprint density at radius 2 is 1.85 bits per heavy atom. The topological polar surface area (TPSA) is 116 Å². The van der Waals surface area contributed by atoms with E-state index in [1.165, 1.54) is 19.2 Å². The summed E-state index contributed by atoms with van der Waals surface area (Å²) in [6, 6.07) is 8.99. The number of nitrogens with zero attached hydrogens (tertiary/aromatic N) is 2. The van der Waals surface area contributed by atoms with Gasteiger partial charge in [-0.05, 0) is 62.2 Å². The second kappa shape index (κ2) is 12.7. The molecule has 4 rings (SSSR count). The standard InChI is InChI=1S/C29H38FN3O6S/c1-19-16-33(20(2)18-34)29(36)25-15-23(31-28(35)21-7-5-4-6-8-21)11-14-26(25)39-27(19)17-32(3)40(37,38)24-12-9-22(30)10-13-24/h9-15,19-21,27,34H,4-8,16-18H2,1-3H3,(H,31,35)/t19-,20+,27+/m0/s1. The lowest BCUT2D eigenvalue weighted by atomic mass is 9.88. The number of amides is 2. The number of carbonyl (C=O) groups is 2. The Balaban J connectivity index is 1.62. The predicted octanol–water partition coefficient (Wildman–Crippen LogP) is 3.89. The highest BCUT2D eigenvalue weighted by Crippen LogP contribution is 2.32. The van der Waals surface area contributed by atoms with Gasteiger partial charge in [-0.15, -0.1) is 0 Å². The molecular formula is C29H38FN3O6S. The molecule has 2 aromatic carbocycles. The molecule has 1 fully saturated rings. The number of hydrogen-bond acceptors (Lipinski definition) is 6. The van der Waals surface area contributed by atoms with Gasteiger partial charge in [0, 0.05) is 31.1 Å². The summed E-state index contributed by atoms with van der Waals surface area (Å²) in [6.45, 7) is 3.53. The molecule has 40 heavy (non-hydrogen) atoms. The number of anilines is 1. The third-order valence-corrected chi connectivity index (χ3v) is 9.70. The van der Waals surface area contributed by atoms with Crippen molar-refractivity contribution in [3.63, 3.8) is 0 Å². The Morgan fingerprint density at radius 1 is 1.18 bits per heavy atom. The number of carbonyl (C=O) groups excluding carboxylic acids is 2. The molecule has 0 radical (unpaired) electrons. The molecule has 1 heterocycles. The first-order valence-corrected chi connectivity index (χ1v) is 15.2. The second-order valence-corrected chi connectivity index (χ2v) is 12.9. The fourth-order valence-electron chi connectivity index (χ4n) is 5.27. The van der Waals surface area contributed by atoms with Crippen molar-refractivity contribution in [3.05, 3.63) is 53.8 Å². The molecule has 0 saturated heterocycles. The lowest BCUT2D eigenvalue weighted by molar-refractivity contribution is -0.120. The first-order valence-electron chi connectivity index (χ1n) is 13.8. The first kappa shape index (κ1) is 30.0. The van der Waals surface area contributed by atoms with E-state index < -0.39 is 28.0 Å². The smallest absolute Gasteiger partial charge is 0.258 e. The number of benzene rings is 2. The Morgan fingerprint density at radius 3 is 2.50 bits per heavy atom. The van der Waals surface area contributed by atoms with E-state index in [1.54, 1.807) is 30.0 Å². The maximum Gasteiger partial charge on any atom is 0.258 e. The van der Waals surface area contributed by atoms with Crippen LogP contribution in [-0.2, 0) is 14.8 Å².